The molecule has 3 N–H and O–H groups in total. The SMILES string of the molecule is COC[C@H](NC(C)=O)C(N)=O. The molecule has 1 atom stereocenters. The third kappa shape index (κ3) is 4.32. The van der Waals surface area contributed by atoms with Gasteiger partial charge in [-0.1, -0.05) is 0 Å². The second-order valence-electron chi connectivity index (χ2n) is 2.11. The molecule has 0 spiro atoms. The van der Waals surface area contributed by atoms with E-state index in [9.17, 15) is 9.59 Å². The molecule has 0 aromatic carbocycles. The van der Waals surface area contributed by atoms with Gasteiger partial charge in [-0.15, -0.1) is 0 Å². The molecular weight excluding hydrogens is 148 g/mol. The first-order valence-corrected chi connectivity index (χ1v) is 3.13. The second kappa shape index (κ2) is 4.68. The van der Waals surface area contributed by atoms with Gasteiger partial charge in [-0.25, -0.2) is 0 Å². The minimum absolute atomic E-state index is 0.106. The van der Waals surface area contributed by atoms with Crippen LogP contribution in [-0.2, 0) is 14.3 Å². The first-order chi connectivity index (χ1) is 5.07. The van der Waals surface area contributed by atoms with Crippen LogP contribution >= 0.6 is 0 Å². The van der Waals surface area contributed by atoms with Gasteiger partial charge in [-0.3, -0.25) is 9.59 Å². The van der Waals surface area contributed by atoms with Crippen LogP contribution in [0.2, 0.25) is 0 Å². The lowest BCUT2D eigenvalue weighted by atomic mass is 10.3. The summed E-state index contributed by atoms with van der Waals surface area (Å²) in [5, 5.41) is 2.34. The van der Waals surface area contributed by atoms with Crippen molar-refractivity contribution < 1.29 is 14.3 Å². The zero-order chi connectivity index (χ0) is 8.85. The standard InChI is InChI=1S/C6H12N2O3/c1-4(9)8-5(3-11-2)6(7)10/h5H,3H2,1-2H3,(H2,7,10)(H,8,9)/t5-/m0/s1. The molecule has 0 aromatic heterocycles. The van der Waals surface area contributed by atoms with E-state index in [4.69, 9.17) is 5.73 Å². The zero-order valence-corrected chi connectivity index (χ0v) is 6.59. The summed E-state index contributed by atoms with van der Waals surface area (Å²) < 4.78 is 4.65. The Morgan fingerprint density at radius 2 is 2.18 bits per heavy atom. The number of nitrogens with one attached hydrogen (secondary N) is 1. The Morgan fingerprint density at radius 1 is 1.64 bits per heavy atom. The van der Waals surface area contributed by atoms with Crippen LogP contribution in [0.15, 0.2) is 0 Å². The van der Waals surface area contributed by atoms with Crippen molar-refractivity contribution in [2.45, 2.75) is 13.0 Å². The van der Waals surface area contributed by atoms with E-state index in [1.165, 1.54) is 14.0 Å². The number of primary amides is 1. The van der Waals surface area contributed by atoms with Crippen LogP contribution in [0.3, 0.4) is 0 Å². The van der Waals surface area contributed by atoms with Crippen molar-refractivity contribution in [3.63, 3.8) is 0 Å². The van der Waals surface area contributed by atoms with Crippen molar-refractivity contribution in [2.75, 3.05) is 13.7 Å². The maximum Gasteiger partial charge on any atom is 0.242 e. The highest BCUT2D eigenvalue weighted by molar-refractivity contribution is 5.85. The van der Waals surface area contributed by atoms with E-state index in [0.29, 0.717) is 0 Å². The minimum atomic E-state index is -0.725. The smallest absolute Gasteiger partial charge is 0.242 e. The van der Waals surface area contributed by atoms with Crippen molar-refractivity contribution in [1.29, 1.82) is 0 Å². The molecule has 0 unspecified atom stereocenters. The van der Waals surface area contributed by atoms with Crippen LogP contribution in [0.25, 0.3) is 0 Å². The Bertz CT molecular complexity index is 158. The van der Waals surface area contributed by atoms with Gasteiger partial charge in [-0.2, -0.15) is 0 Å². The topological polar surface area (TPSA) is 81.4 Å². The Kier molecular flexibility index (Phi) is 4.21. The van der Waals surface area contributed by atoms with E-state index < -0.39 is 11.9 Å². The molecule has 0 aliphatic carbocycles. The normalized spacial score (nSPS) is 12.2. The lowest BCUT2D eigenvalue weighted by Gasteiger charge is -2.11. The molecule has 2 amide bonds. The molecule has 0 aliphatic heterocycles. The summed E-state index contributed by atoms with van der Waals surface area (Å²) >= 11 is 0. The third-order valence-corrected chi connectivity index (χ3v) is 1.05. The fourth-order valence-electron chi connectivity index (χ4n) is 0.607. The van der Waals surface area contributed by atoms with E-state index >= 15 is 0 Å². The molecule has 64 valence electrons. The second-order valence-corrected chi connectivity index (χ2v) is 2.11. The van der Waals surface area contributed by atoms with Gasteiger partial charge in [0.2, 0.25) is 11.8 Å². The molecule has 0 aliphatic rings. The minimum Gasteiger partial charge on any atom is -0.382 e. The molecule has 0 fully saturated rings. The van der Waals surface area contributed by atoms with E-state index in [-0.39, 0.29) is 12.5 Å². The average molecular weight is 160 g/mol. The zero-order valence-electron chi connectivity index (χ0n) is 6.59. The van der Waals surface area contributed by atoms with Gasteiger partial charge in [0.25, 0.3) is 0 Å². The molecule has 0 radical (unpaired) electrons. The number of hydrogen-bond acceptors (Lipinski definition) is 3. The maximum absolute atomic E-state index is 10.6. The number of carbonyl (C=O) groups excluding carboxylic acids is 2. The van der Waals surface area contributed by atoms with Gasteiger partial charge in [-0.05, 0) is 0 Å². The number of hydrogen-bond donors (Lipinski definition) is 2. The number of amides is 2. The summed E-state index contributed by atoms with van der Waals surface area (Å²) in [6, 6.07) is -0.725. The summed E-state index contributed by atoms with van der Waals surface area (Å²) in [7, 11) is 1.43. The van der Waals surface area contributed by atoms with Crippen molar-refractivity contribution in [3.05, 3.63) is 0 Å². The summed E-state index contributed by atoms with van der Waals surface area (Å²) in [4.78, 5) is 21.0. The van der Waals surface area contributed by atoms with Crippen LogP contribution < -0.4 is 11.1 Å². The van der Waals surface area contributed by atoms with Crippen molar-refractivity contribution in [3.8, 4) is 0 Å². The van der Waals surface area contributed by atoms with Crippen LogP contribution in [0.5, 0.6) is 0 Å². The summed E-state index contributed by atoms with van der Waals surface area (Å²) in [6.45, 7) is 1.42. The third-order valence-electron chi connectivity index (χ3n) is 1.05. The summed E-state index contributed by atoms with van der Waals surface area (Å²) in [5.74, 6) is -0.895. The first-order valence-electron chi connectivity index (χ1n) is 3.13. The fourth-order valence-corrected chi connectivity index (χ4v) is 0.607. The van der Waals surface area contributed by atoms with Crippen molar-refractivity contribution >= 4 is 11.8 Å². The van der Waals surface area contributed by atoms with Crippen molar-refractivity contribution in [1.82, 2.24) is 5.32 Å². The van der Waals surface area contributed by atoms with Gasteiger partial charge in [0.15, 0.2) is 0 Å². The van der Waals surface area contributed by atoms with Crippen LogP contribution in [0.4, 0.5) is 0 Å². The number of rotatable bonds is 4. The molecule has 0 bridgehead atoms. The van der Waals surface area contributed by atoms with Crippen LogP contribution in [0, 0.1) is 0 Å². The van der Waals surface area contributed by atoms with E-state index in [2.05, 4.69) is 10.1 Å². The first kappa shape index (κ1) is 9.90. The highest BCUT2D eigenvalue weighted by Crippen LogP contribution is 1.82. The Balaban J connectivity index is 3.89. The molecule has 0 rings (SSSR count). The molecule has 5 heteroatoms. The highest BCUT2D eigenvalue weighted by Gasteiger charge is 2.14. The van der Waals surface area contributed by atoms with E-state index in [0.717, 1.165) is 0 Å². The Labute approximate surface area is 64.9 Å². The molecule has 0 aromatic rings. The predicted molar refractivity (Wildman–Crippen MR) is 38.7 cm³/mol. The molecule has 0 heterocycles. The quantitative estimate of drug-likeness (QED) is 0.532. The Hall–Kier alpha value is -1.10. The van der Waals surface area contributed by atoms with E-state index in [1.54, 1.807) is 0 Å². The molecule has 11 heavy (non-hydrogen) atoms. The van der Waals surface area contributed by atoms with Gasteiger partial charge in [0, 0.05) is 14.0 Å². The molecule has 5 nitrogen and oxygen atoms in total. The number of ether oxygens (including phenoxy) is 1. The molecule has 0 saturated carbocycles. The van der Waals surface area contributed by atoms with Gasteiger partial charge in [0.05, 0.1) is 6.61 Å². The van der Waals surface area contributed by atoms with Crippen molar-refractivity contribution in [2.24, 2.45) is 5.73 Å². The maximum atomic E-state index is 10.6. The van der Waals surface area contributed by atoms with Crippen LogP contribution in [-0.4, -0.2) is 31.6 Å². The lowest BCUT2D eigenvalue weighted by Crippen LogP contribution is -2.46. The van der Waals surface area contributed by atoms with E-state index in [1.807, 2.05) is 0 Å². The lowest BCUT2D eigenvalue weighted by molar-refractivity contribution is -0.127. The summed E-state index contributed by atoms with van der Waals surface area (Å²) in [6.07, 6.45) is 0. The largest absolute Gasteiger partial charge is 0.382 e. The Morgan fingerprint density at radius 3 is 2.45 bits per heavy atom. The molecule has 0 saturated heterocycles. The average Bonchev–Trinajstić information content (AvgIpc) is 1.86. The van der Waals surface area contributed by atoms with Gasteiger partial charge >= 0.3 is 0 Å². The predicted octanol–water partition coefficient (Wildman–Crippen LogP) is -1.38. The number of methoxy groups -OCH3 is 1. The fraction of sp³-hybridized carbons (Fsp3) is 0.667. The van der Waals surface area contributed by atoms with Gasteiger partial charge in [0.1, 0.15) is 6.04 Å². The monoisotopic (exact) mass is 160 g/mol. The van der Waals surface area contributed by atoms with Crippen LogP contribution in [0.1, 0.15) is 6.92 Å². The highest BCUT2D eigenvalue weighted by atomic mass is 16.5. The number of nitrogens with two attached hydrogens (primary N) is 1. The number of carbonyl (C=O) groups is 2. The molecular formula is C6H12N2O3. The summed E-state index contributed by atoms with van der Waals surface area (Å²) in [5.41, 5.74) is 4.94. The van der Waals surface area contributed by atoms with Gasteiger partial charge < -0.3 is 15.8 Å².